The first-order valence-corrected chi connectivity index (χ1v) is 9.20. The van der Waals surface area contributed by atoms with Gasteiger partial charge in [-0.1, -0.05) is 6.92 Å². The first-order chi connectivity index (χ1) is 11.5. The van der Waals surface area contributed by atoms with Gasteiger partial charge in [0.05, 0.1) is 17.9 Å². The zero-order valence-electron chi connectivity index (χ0n) is 15.3. The highest BCUT2D eigenvalue weighted by molar-refractivity contribution is 5.94. The van der Waals surface area contributed by atoms with Gasteiger partial charge in [-0.25, -0.2) is 0 Å². The summed E-state index contributed by atoms with van der Waals surface area (Å²) in [6, 6.07) is 0. The van der Waals surface area contributed by atoms with Crippen LogP contribution in [-0.2, 0) is 11.2 Å². The third kappa shape index (κ3) is 3.49. The molecule has 6 nitrogen and oxygen atoms in total. The van der Waals surface area contributed by atoms with E-state index in [0.717, 1.165) is 56.7 Å². The van der Waals surface area contributed by atoms with E-state index < -0.39 is 0 Å². The van der Waals surface area contributed by atoms with E-state index in [2.05, 4.69) is 36.0 Å². The van der Waals surface area contributed by atoms with Gasteiger partial charge in [0.2, 0.25) is 0 Å². The smallest absolute Gasteiger partial charge is 0.274 e. The number of aromatic amines is 1. The second-order valence-electron chi connectivity index (χ2n) is 7.35. The predicted molar refractivity (Wildman–Crippen MR) is 93.1 cm³/mol. The molecule has 1 N–H and O–H groups in total. The number of nitrogens with one attached hydrogen (secondary N) is 1. The summed E-state index contributed by atoms with van der Waals surface area (Å²) in [6.07, 6.45) is 3.03. The van der Waals surface area contributed by atoms with Gasteiger partial charge in [-0.2, -0.15) is 5.10 Å². The van der Waals surface area contributed by atoms with Crippen LogP contribution in [0.25, 0.3) is 0 Å². The Labute approximate surface area is 144 Å². The summed E-state index contributed by atoms with van der Waals surface area (Å²) < 4.78 is 5.81. The molecule has 1 fully saturated rings. The highest BCUT2D eigenvalue weighted by atomic mass is 16.5. The summed E-state index contributed by atoms with van der Waals surface area (Å²) in [4.78, 5) is 17.3. The van der Waals surface area contributed by atoms with Crippen LogP contribution < -0.4 is 0 Å². The fourth-order valence-corrected chi connectivity index (χ4v) is 3.89. The quantitative estimate of drug-likeness (QED) is 0.917. The van der Waals surface area contributed by atoms with Crippen LogP contribution in [0.5, 0.6) is 0 Å². The number of rotatable bonds is 4. The predicted octanol–water partition coefficient (Wildman–Crippen LogP) is 2.24. The maximum absolute atomic E-state index is 12.9. The van der Waals surface area contributed by atoms with E-state index in [0.29, 0.717) is 11.6 Å². The Morgan fingerprint density at radius 3 is 2.75 bits per heavy atom. The number of aromatic nitrogens is 2. The molecule has 0 saturated carbocycles. The van der Waals surface area contributed by atoms with Crippen LogP contribution in [0.1, 0.15) is 61.5 Å². The van der Waals surface area contributed by atoms with Crippen molar-refractivity contribution in [2.75, 3.05) is 33.2 Å². The van der Waals surface area contributed by atoms with E-state index in [4.69, 9.17) is 4.74 Å². The molecule has 1 amide bonds. The lowest BCUT2D eigenvalue weighted by Crippen LogP contribution is -2.41. The number of H-pyrrole nitrogens is 1. The van der Waals surface area contributed by atoms with Crippen molar-refractivity contribution < 1.29 is 9.53 Å². The second-order valence-corrected chi connectivity index (χ2v) is 7.35. The van der Waals surface area contributed by atoms with Crippen molar-refractivity contribution >= 4 is 5.91 Å². The summed E-state index contributed by atoms with van der Waals surface area (Å²) in [7, 11) is 2.16. The van der Waals surface area contributed by atoms with Gasteiger partial charge in [-0.15, -0.1) is 0 Å². The SMILES string of the molecule is CCN(C)CC1CCN(C(=O)c2n[nH]c3c2C[C@H](C)O[C@@H]3C)CC1. The average molecular weight is 334 g/mol. The van der Waals surface area contributed by atoms with Gasteiger partial charge in [-0.05, 0) is 46.2 Å². The molecule has 24 heavy (non-hydrogen) atoms. The molecule has 3 rings (SSSR count). The van der Waals surface area contributed by atoms with Crippen molar-refractivity contribution in [3.63, 3.8) is 0 Å². The summed E-state index contributed by atoms with van der Waals surface area (Å²) in [5.41, 5.74) is 2.63. The second kappa shape index (κ2) is 7.23. The normalized spacial score (nSPS) is 25.1. The standard InChI is InChI=1S/C18H30N4O2/c1-5-21(4)11-14-6-8-22(9-7-14)18(23)17-15-10-12(2)24-13(3)16(15)19-20-17/h12-14H,5-11H2,1-4H3,(H,19,20)/t12-,13+/m0/s1. The van der Waals surface area contributed by atoms with Crippen molar-refractivity contribution in [3.05, 3.63) is 17.0 Å². The number of hydrogen-bond acceptors (Lipinski definition) is 4. The van der Waals surface area contributed by atoms with Crippen LogP contribution in [0.15, 0.2) is 0 Å². The maximum Gasteiger partial charge on any atom is 0.274 e. The minimum Gasteiger partial charge on any atom is -0.369 e. The monoisotopic (exact) mass is 334 g/mol. The zero-order valence-corrected chi connectivity index (χ0v) is 15.3. The number of amides is 1. The minimum absolute atomic E-state index is 0.0203. The molecule has 3 heterocycles. The lowest BCUT2D eigenvalue weighted by molar-refractivity contribution is -0.00703. The number of piperidine rings is 1. The Kier molecular flexibility index (Phi) is 5.25. The number of carbonyl (C=O) groups excluding carboxylic acids is 1. The Morgan fingerprint density at radius 2 is 2.08 bits per heavy atom. The molecule has 0 unspecified atom stereocenters. The topological polar surface area (TPSA) is 61.5 Å². The van der Waals surface area contributed by atoms with Gasteiger partial charge >= 0.3 is 0 Å². The fourth-order valence-electron chi connectivity index (χ4n) is 3.89. The summed E-state index contributed by atoms with van der Waals surface area (Å²) in [6.45, 7) is 10.1. The lowest BCUT2D eigenvalue weighted by atomic mass is 9.95. The van der Waals surface area contributed by atoms with Crippen molar-refractivity contribution in [2.45, 2.75) is 52.2 Å². The van der Waals surface area contributed by atoms with Crippen LogP contribution >= 0.6 is 0 Å². The van der Waals surface area contributed by atoms with Crippen LogP contribution in [-0.4, -0.2) is 65.2 Å². The largest absolute Gasteiger partial charge is 0.369 e. The molecule has 0 radical (unpaired) electrons. The van der Waals surface area contributed by atoms with Gasteiger partial charge in [0.1, 0.15) is 0 Å². The minimum atomic E-state index is -0.0203. The Balaban J connectivity index is 1.64. The number of ether oxygens (including phenoxy) is 1. The Bertz CT molecular complexity index is 578. The summed E-state index contributed by atoms with van der Waals surface area (Å²) >= 11 is 0. The van der Waals surface area contributed by atoms with Gasteiger partial charge in [0.25, 0.3) is 5.91 Å². The number of carbonyl (C=O) groups is 1. The molecule has 1 aromatic heterocycles. The molecular weight excluding hydrogens is 304 g/mol. The van der Waals surface area contributed by atoms with E-state index in [1.54, 1.807) is 0 Å². The number of hydrogen-bond donors (Lipinski definition) is 1. The third-order valence-corrected chi connectivity index (χ3v) is 5.45. The molecule has 0 bridgehead atoms. The van der Waals surface area contributed by atoms with E-state index in [-0.39, 0.29) is 18.1 Å². The molecule has 0 spiro atoms. The van der Waals surface area contributed by atoms with Gasteiger partial charge in [0.15, 0.2) is 5.69 Å². The van der Waals surface area contributed by atoms with Gasteiger partial charge < -0.3 is 14.5 Å². The molecule has 2 aliphatic heterocycles. The van der Waals surface area contributed by atoms with E-state index in [1.165, 1.54) is 0 Å². The van der Waals surface area contributed by atoms with Crippen LogP contribution in [0, 0.1) is 5.92 Å². The number of fused-ring (bicyclic) bond motifs is 1. The number of nitrogens with zero attached hydrogens (tertiary/aromatic N) is 3. The van der Waals surface area contributed by atoms with Crippen molar-refractivity contribution in [1.82, 2.24) is 20.0 Å². The molecule has 0 aliphatic carbocycles. The van der Waals surface area contributed by atoms with Crippen LogP contribution in [0.2, 0.25) is 0 Å². The van der Waals surface area contributed by atoms with E-state index in [9.17, 15) is 4.79 Å². The maximum atomic E-state index is 12.9. The van der Waals surface area contributed by atoms with E-state index >= 15 is 0 Å². The third-order valence-electron chi connectivity index (χ3n) is 5.45. The summed E-state index contributed by atoms with van der Waals surface area (Å²) in [5.74, 6) is 0.775. The first-order valence-electron chi connectivity index (χ1n) is 9.20. The molecule has 1 aromatic rings. The molecule has 2 atom stereocenters. The molecule has 0 aromatic carbocycles. The highest BCUT2D eigenvalue weighted by Crippen LogP contribution is 2.31. The van der Waals surface area contributed by atoms with Crippen molar-refractivity contribution in [1.29, 1.82) is 0 Å². The molecule has 2 aliphatic rings. The van der Waals surface area contributed by atoms with Crippen molar-refractivity contribution in [2.24, 2.45) is 5.92 Å². The van der Waals surface area contributed by atoms with Crippen molar-refractivity contribution in [3.8, 4) is 0 Å². The summed E-state index contributed by atoms with van der Waals surface area (Å²) in [5, 5.41) is 7.36. The highest BCUT2D eigenvalue weighted by Gasteiger charge is 2.32. The van der Waals surface area contributed by atoms with Crippen LogP contribution in [0.4, 0.5) is 0 Å². The molecular formula is C18H30N4O2. The number of likely N-dealkylation sites (tertiary alicyclic amines) is 1. The Hall–Kier alpha value is -1.40. The first kappa shape index (κ1) is 17.4. The lowest BCUT2D eigenvalue weighted by Gasteiger charge is -2.33. The fraction of sp³-hybridized carbons (Fsp3) is 0.778. The molecule has 6 heteroatoms. The molecule has 134 valence electrons. The molecule has 1 saturated heterocycles. The Morgan fingerprint density at radius 1 is 1.38 bits per heavy atom. The van der Waals surface area contributed by atoms with Crippen LogP contribution in [0.3, 0.4) is 0 Å². The van der Waals surface area contributed by atoms with Gasteiger partial charge in [-0.3, -0.25) is 9.89 Å². The van der Waals surface area contributed by atoms with E-state index in [1.807, 2.05) is 11.8 Å². The van der Waals surface area contributed by atoms with Gasteiger partial charge in [0, 0.05) is 31.6 Å². The zero-order chi connectivity index (χ0) is 17.3. The average Bonchev–Trinajstić information content (AvgIpc) is 2.98.